The molecule has 0 radical (unpaired) electrons. The van der Waals surface area contributed by atoms with Crippen molar-refractivity contribution in [2.75, 3.05) is 31.5 Å². The summed E-state index contributed by atoms with van der Waals surface area (Å²) in [4.78, 5) is 4.83. The maximum absolute atomic E-state index is 5.79. The van der Waals surface area contributed by atoms with Crippen molar-refractivity contribution < 1.29 is 4.42 Å². The van der Waals surface area contributed by atoms with Gasteiger partial charge in [-0.05, 0) is 80.7 Å². The molecule has 4 nitrogen and oxygen atoms in total. The van der Waals surface area contributed by atoms with E-state index in [1.54, 1.807) is 6.26 Å². The maximum atomic E-state index is 5.79. The minimum Gasteiger partial charge on any atom is -0.467 e. The van der Waals surface area contributed by atoms with Gasteiger partial charge in [0.1, 0.15) is 5.76 Å². The molecule has 0 bridgehead atoms. The van der Waals surface area contributed by atoms with Gasteiger partial charge in [-0.1, -0.05) is 32.0 Å². The summed E-state index contributed by atoms with van der Waals surface area (Å²) >= 11 is 5.79. The van der Waals surface area contributed by atoms with E-state index >= 15 is 0 Å². The summed E-state index contributed by atoms with van der Waals surface area (Å²) in [7, 11) is 0. The van der Waals surface area contributed by atoms with E-state index in [-0.39, 0.29) is 0 Å². The highest BCUT2D eigenvalue weighted by Crippen LogP contribution is 2.18. The number of rotatable bonds is 8. The molecule has 1 fully saturated rings. The number of piperidine rings is 1. The summed E-state index contributed by atoms with van der Waals surface area (Å²) in [6.07, 6.45) is 6.50. The minimum absolute atomic E-state index is 0.698. The van der Waals surface area contributed by atoms with E-state index in [1.807, 2.05) is 12.1 Å². The van der Waals surface area contributed by atoms with Gasteiger partial charge in [0.2, 0.25) is 0 Å². The normalized spacial score (nSPS) is 17.4. The van der Waals surface area contributed by atoms with Crippen LogP contribution in [0.3, 0.4) is 0 Å². The molecule has 3 rings (SSSR count). The fourth-order valence-electron chi connectivity index (χ4n) is 3.96. The van der Waals surface area contributed by atoms with Crippen LogP contribution in [-0.4, -0.2) is 41.1 Å². The number of hydrogen-bond acceptors (Lipinski definition) is 3. The van der Waals surface area contributed by atoms with E-state index in [2.05, 4.69) is 53.2 Å². The number of hydrogen-bond donors (Lipinski definition) is 1. The topological polar surface area (TPSA) is 31.6 Å². The summed E-state index contributed by atoms with van der Waals surface area (Å²) in [5.41, 5.74) is 2.38. The van der Waals surface area contributed by atoms with Gasteiger partial charge < -0.3 is 19.5 Å². The first-order chi connectivity index (χ1) is 13.7. The van der Waals surface area contributed by atoms with Crippen LogP contribution in [-0.2, 0) is 13.0 Å². The highest BCUT2D eigenvalue weighted by Gasteiger charge is 2.17. The molecule has 28 heavy (non-hydrogen) atoms. The number of likely N-dealkylation sites (tertiary alicyclic amines) is 1. The molecule has 1 atom stereocenters. The molecule has 1 saturated heterocycles. The summed E-state index contributed by atoms with van der Waals surface area (Å²) in [6, 6.07) is 12.3. The molecule has 2 aromatic rings. The van der Waals surface area contributed by atoms with Crippen molar-refractivity contribution in [1.29, 1.82) is 0 Å². The molecule has 1 aliphatic heterocycles. The maximum Gasteiger partial charge on any atom is 0.173 e. The molecule has 0 aliphatic carbocycles. The molecule has 1 aromatic heterocycles. The largest absolute Gasteiger partial charge is 0.467 e. The third-order valence-electron chi connectivity index (χ3n) is 5.50. The van der Waals surface area contributed by atoms with E-state index in [9.17, 15) is 0 Å². The van der Waals surface area contributed by atoms with Gasteiger partial charge in [-0.2, -0.15) is 0 Å². The molecular weight excluding hydrogens is 366 g/mol. The average molecular weight is 400 g/mol. The highest BCUT2D eigenvalue weighted by atomic mass is 32.1. The first-order valence-electron chi connectivity index (χ1n) is 10.5. The number of para-hydroxylation sites is 1. The second-order valence-corrected chi connectivity index (χ2v) is 8.23. The standard InChI is InChI=1S/C23H33N3OS/c1-3-20-10-4-5-12-22(20)24-23(28)26(18-21-11-7-16-27-21)15-8-14-25-13-6-9-19(2)17-25/h4-5,7,10-12,16,19H,3,6,8-9,13-15,17-18H2,1-2H3,(H,24,28)/t19-/m1/s1. The van der Waals surface area contributed by atoms with E-state index in [4.69, 9.17) is 16.6 Å². The van der Waals surface area contributed by atoms with Gasteiger partial charge in [0.05, 0.1) is 12.8 Å². The smallest absolute Gasteiger partial charge is 0.173 e. The fourth-order valence-corrected chi connectivity index (χ4v) is 4.23. The Morgan fingerprint density at radius 3 is 2.89 bits per heavy atom. The Kier molecular flexibility index (Phi) is 7.92. The van der Waals surface area contributed by atoms with Crippen LogP contribution in [0.5, 0.6) is 0 Å². The van der Waals surface area contributed by atoms with Crippen molar-refractivity contribution in [2.24, 2.45) is 5.92 Å². The second kappa shape index (κ2) is 10.6. The van der Waals surface area contributed by atoms with Gasteiger partial charge in [-0.25, -0.2) is 0 Å². The van der Waals surface area contributed by atoms with Gasteiger partial charge in [0, 0.05) is 18.8 Å². The molecule has 0 amide bonds. The number of benzene rings is 1. The molecule has 5 heteroatoms. The van der Waals surface area contributed by atoms with E-state index < -0.39 is 0 Å². The lowest BCUT2D eigenvalue weighted by atomic mass is 10.0. The Labute approximate surface area is 174 Å². The van der Waals surface area contributed by atoms with Crippen molar-refractivity contribution in [3.8, 4) is 0 Å². The molecule has 0 spiro atoms. The lowest BCUT2D eigenvalue weighted by Gasteiger charge is -2.32. The average Bonchev–Trinajstić information content (AvgIpc) is 3.21. The number of nitrogens with zero attached hydrogens (tertiary/aromatic N) is 2. The fraction of sp³-hybridized carbons (Fsp3) is 0.522. The second-order valence-electron chi connectivity index (χ2n) is 7.84. The zero-order valence-electron chi connectivity index (χ0n) is 17.2. The molecular formula is C23H33N3OS. The lowest BCUT2D eigenvalue weighted by molar-refractivity contribution is 0.177. The Balaban J connectivity index is 1.60. The van der Waals surface area contributed by atoms with E-state index in [0.29, 0.717) is 6.54 Å². The number of furan rings is 1. The van der Waals surface area contributed by atoms with Crippen LogP contribution < -0.4 is 5.32 Å². The number of anilines is 1. The van der Waals surface area contributed by atoms with Crippen LogP contribution in [0.15, 0.2) is 47.1 Å². The van der Waals surface area contributed by atoms with Gasteiger partial charge in [-0.15, -0.1) is 0 Å². The zero-order valence-corrected chi connectivity index (χ0v) is 18.0. The van der Waals surface area contributed by atoms with Crippen LogP contribution in [0, 0.1) is 5.92 Å². The summed E-state index contributed by atoms with van der Waals surface area (Å²) < 4.78 is 5.58. The summed E-state index contributed by atoms with van der Waals surface area (Å²) in [5, 5.41) is 4.24. The molecule has 2 heterocycles. The van der Waals surface area contributed by atoms with Crippen molar-refractivity contribution in [3.05, 3.63) is 54.0 Å². The zero-order chi connectivity index (χ0) is 19.8. The van der Waals surface area contributed by atoms with Crippen LogP contribution in [0.2, 0.25) is 0 Å². The third kappa shape index (κ3) is 6.08. The first-order valence-corrected chi connectivity index (χ1v) is 10.9. The monoisotopic (exact) mass is 399 g/mol. The lowest BCUT2D eigenvalue weighted by Crippen LogP contribution is -2.39. The quantitative estimate of drug-likeness (QED) is 0.620. The van der Waals surface area contributed by atoms with E-state index in [0.717, 1.165) is 48.4 Å². The van der Waals surface area contributed by atoms with Crippen molar-refractivity contribution in [3.63, 3.8) is 0 Å². The minimum atomic E-state index is 0.698. The predicted molar refractivity (Wildman–Crippen MR) is 121 cm³/mol. The molecule has 152 valence electrons. The molecule has 1 N–H and O–H groups in total. The summed E-state index contributed by atoms with van der Waals surface area (Å²) in [5.74, 6) is 1.76. The number of aryl methyl sites for hydroxylation is 1. The van der Waals surface area contributed by atoms with Crippen LogP contribution >= 0.6 is 12.2 Å². The third-order valence-corrected chi connectivity index (χ3v) is 5.86. The molecule has 1 aromatic carbocycles. The SMILES string of the molecule is CCc1ccccc1NC(=S)N(CCCN1CCC[C@@H](C)C1)Cc1ccco1. The number of thiocarbonyl (C=S) groups is 1. The number of nitrogens with one attached hydrogen (secondary N) is 1. The van der Waals surface area contributed by atoms with Crippen LogP contribution in [0.1, 0.15) is 44.4 Å². The van der Waals surface area contributed by atoms with Gasteiger partial charge in [0.15, 0.2) is 5.11 Å². The van der Waals surface area contributed by atoms with Crippen molar-refractivity contribution in [1.82, 2.24) is 9.80 Å². The van der Waals surface area contributed by atoms with Crippen LogP contribution in [0.4, 0.5) is 5.69 Å². The van der Waals surface area contributed by atoms with Crippen LogP contribution in [0.25, 0.3) is 0 Å². The first kappa shape index (κ1) is 20.9. The van der Waals surface area contributed by atoms with Gasteiger partial charge in [0.25, 0.3) is 0 Å². The van der Waals surface area contributed by atoms with Gasteiger partial charge in [-0.3, -0.25) is 0 Å². The Hall–Kier alpha value is -1.85. The highest BCUT2D eigenvalue weighted by molar-refractivity contribution is 7.80. The molecule has 1 aliphatic rings. The Morgan fingerprint density at radius 1 is 1.29 bits per heavy atom. The Morgan fingerprint density at radius 2 is 2.14 bits per heavy atom. The predicted octanol–water partition coefficient (Wildman–Crippen LogP) is 5.16. The molecule has 0 unspecified atom stereocenters. The molecule has 0 saturated carbocycles. The van der Waals surface area contributed by atoms with Crippen molar-refractivity contribution >= 4 is 23.0 Å². The van der Waals surface area contributed by atoms with Crippen molar-refractivity contribution in [2.45, 2.75) is 46.1 Å². The Bertz CT molecular complexity index is 731. The van der Waals surface area contributed by atoms with Gasteiger partial charge >= 0.3 is 0 Å². The summed E-state index contributed by atoms with van der Waals surface area (Å²) in [6.45, 7) is 9.74. The van der Waals surface area contributed by atoms with E-state index in [1.165, 1.54) is 31.5 Å².